The molecule has 6 nitrogen and oxygen atoms in total. The molecule has 0 saturated heterocycles. The molecule has 4 N–H and O–H groups in total. The van der Waals surface area contributed by atoms with Crippen molar-refractivity contribution >= 4 is 17.7 Å². The lowest BCUT2D eigenvalue weighted by molar-refractivity contribution is -0.130. The quantitative estimate of drug-likeness (QED) is 0.666. The van der Waals surface area contributed by atoms with Gasteiger partial charge in [-0.25, -0.2) is 0 Å². The Morgan fingerprint density at radius 2 is 1.65 bits per heavy atom. The number of amides is 3. The molecule has 1 aromatic carbocycles. The number of nitrogens with one attached hydrogen (secondary N) is 2. The predicted octanol–water partition coefficient (Wildman–Crippen LogP) is -0.276. The molecule has 2 atom stereocenters. The minimum absolute atomic E-state index is 0.198. The third-order valence-corrected chi connectivity index (χ3v) is 2.76. The van der Waals surface area contributed by atoms with Gasteiger partial charge in [-0.15, -0.1) is 0 Å². The molecule has 0 saturated carbocycles. The summed E-state index contributed by atoms with van der Waals surface area (Å²) in [5.74, 6) is -1.33. The normalized spacial score (nSPS) is 13.1. The van der Waals surface area contributed by atoms with E-state index in [-0.39, 0.29) is 12.3 Å². The van der Waals surface area contributed by atoms with E-state index in [4.69, 9.17) is 5.73 Å². The van der Waals surface area contributed by atoms with E-state index in [0.29, 0.717) is 0 Å². The van der Waals surface area contributed by atoms with E-state index < -0.39 is 23.9 Å². The van der Waals surface area contributed by atoms with Crippen LogP contribution < -0.4 is 16.4 Å². The second kappa shape index (κ2) is 7.28. The molecule has 3 amide bonds. The first-order valence-electron chi connectivity index (χ1n) is 6.33. The summed E-state index contributed by atoms with van der Waals surface area (Å²) in [6, 6.07) is 7.71. The smallest absolute Gasteiger partial charge is 0.242 e. The average molecular weight is 277 g/mol. The standard InChI is InChI=1S/C14H19N3O3/c1-9(13(15)19)17-14(20)10(2)16-12(18)8-11-6-4-3-5-7-11/h3-7,9-10H,8H2,1-2H3,(H2,15,19)(H,16,18)(H,17,20)/t9-,10-/m0/s1. The van der Waals surface area contributed by atoms with Gasteiger partial charge in [0.1, 0.15) is 12.1 Å². The zero-order valence-electron chi connectivity index (χ0n) is 11.6. The Kier molecular flexibility index (Phi) is 5.71. The molecule has 0 aliphatic rings. The van der Waals surface area contributed by atoms with Gasteiger partial charge in [-0.3, -0.25) is 14.4 Å². The fraction of sp³-hybridized carbons (Fsp3) is 0.357. The second-order valence-electron chi connectivity index (χ2n) is 4.58. The lowest BCUT2D eigenvalue weighted by atomic mass is 10.1. The van der Waals surface area contributed by atoms with Crippen LogP contribution in [0.4, 0.5) is 0 Å². The molecule has 108 valence electrons. The van der Waals surface area contributed by atoms with Gasteiger partial charge in [0.25, 0.3) is 0 Å². The van der Waals surface area contributed by atoms with Gasteiger partial charge in [0.15, 0.2) is 0 Å². The Bertz CT molecular complexity index is 488. The van der Waals surface area contributed by atoms with Crippen molar-refractivity contribution in [1.29, 1.82) is 0 Å². The number of primary amides is 1. The minimum Gasteiger partial charge on any atom is -0.368 e. The Morgan fingerprint density at radius 1 is 1.05 bits per heavy atom. The van der Waals surface area contributed by atoms with E-state index in [1.807, 2.05) is 30.3 Å². The molecule has 0 aliphatic carbocycles. The van der Waals surface area contributed by atoms with Crippen molar-refractivity contribution in [3.8, 4) is 0 Å². The van der Waals surface area contributed by atoms with Crippen LogP contribution in [0.15, 0.2) is 30.3 Å². The molecule has 0 aromatic heterocycles. The van der Waals surface area contributed by atoms with Crippen LogP contribution in [-0.2, 0) is 20.8 Å². The molecule has 1 rings (SSSR count). The molecule has 1 aromatic rings. The highest BCUT2D eigenvalue weighted by atomic mass is 16.2. The molecular formula is C14H19N3O3. The first kappa shape index (κ1) is 15.7. The predicted molar refractivity (Wildman–Crippen MR) is 74.5 cm³/mol. The fourth-order valence-electron chi connectivity index (χ4n) is 1.55. The van der Waals surface area contributed by atoms with Crippen LogP contribution in [0, 0.1) is 0 Å². The summed E-state index contributed by atoms with van der Waals surface area (Å²) >= 11 is 0. The molecule has 0 spiro atoms. The lowest BCUT2D eigenvalue weighted by Gasteiger charge is -2.16. The monoisotopic (exact) mass is 277 g/mol. The summed E-state index contributed by atoms with van der Waals surface area (Å²) in [5, 5.41) is 4.99. The van der Waals surface area contributed by atoms with Gasteiger partial charge < -0.3 is 16.4 Å². The van der Waals surface area contributed by atoms with Crippen molar-refractivity contribution < 1.29 is 14.4 Å². The highest BCUT2D eigenvalue weighted by molar-refractivity contribution is 5.91. The summed E-state index contributed by atoms with van der Waals surface area (Å²) in [6.45, 7) is 3.03. The Balaban J connectivity index is 2.45. The maximum Gasteiger partial charge on any atom is 0.242 e. The zero-order valence-corrected chi connectivity index (χ0v) is 11.6. The van der Waals surface area contributed by atoms with Gasteiger partial charge in [0.2, 0.25) is 17.7 Å². The molecule has 0 heterocycles. The van der Waals surface area contributed by atoms with Crippen molar-refractivity contribution in [2.45, 2.75) is 32.4 Å². The third-order valence-electron chi connectivity index (χ3n) is 2.76. The number of carbonyl (C=O) groups is 3. The number of carbonyl (C=O) groups excluding carboxylic acids is 3. The first-order valence-corrected chi connectivity index (χ1v) is 6.33. The topological polar surface area (TPSA) is 101 Å². The minimum atomic E-state index is -0.768. The van der Waals surface area contributed by atoms with Crippen LogP contribution in [0.25, 0.3) is 0 Å². The van der Waals surface area contributed by atoms with E-state index in [0.717, 1.165) is 5.56 Å². The van der Waals surface area contributed by atoms with Crippen LogP contribution in [0.3, 0.4) is 0 Å². The van der Waals surface area contributed by atoms with E-state index in [2.05, 4.69) is 10.6 Å². The Labute approximate surface area is 117 Å². The lowest BCUT2D eigenvalue weighted by Crippen LogP contribution is -2.50. The maximum absolute atomic E-state index is 11.8. The van der Waals surface area contributed by atoms with Crippen molar-refractivity contribution in [2.24, 2.45) is 5.73 Å². The summed E-state index contributed by atoms with van der Waals surface area (Å²) < 4.78 is 0. The van der Waals surface area contributed by atoms with Crippen molar-refractivity contribution in [1.82, 2.24) is 10.6 Å². The third kappa shape index (κ3) is 5.09. The van der Waals surface area contributed by atoms with Gasteiger partial charge in [-0.2, -0.15) is 0 Å². The van der Waals surface area contributed by atoms with Crippen molar-refractivity contribution in [3.05, 3.63) is 35.9 Å². The summed E-state index contributed by atoms with van der Waals surface area (Å²) in [6.07, 6.45) is 0.198. The van der Waals surface area contributed by atoms with Crippen molar-refractivity contribution in [3.63, 3.8) is 0 Å². The molecule has 6 heteroatoms. The SMILES string of the molecule is C[C@H](NC(=O)[C@H](C)NC(=O)Cc1ccccc1)C(N)=O. The molecule has 0 radical (unpaired) electrons. The number of hydrogen-bond donors (Lipinski definition) is 3. The van der Waals surface area contributed by atoms with Gasteiger partial charge in [0.05, 0.1) is 6.42 Å². The van der Waals surface area contributed by atoms with Gasteiger partial charge in [0, 0.05) is 0 Å². The first-order chi connectivity index (χ1) is 9.40. The van der Waals surface area contributed by atoms with Gasteiger partial charge >= 0.3 is 0 Å². The van der Waals surface area contributed by atoms with Crippen LogP contribution in [0.1, 0.15) is 19.4 Å². The molecular weight excluding hydrogens is 258 g/mol. The van der Waals surface area contributed by atoms with Crippen molar-refractivity contribution in [2.75, 3.05) is 0 Å². The van der Waals surface area contributed by atoms with Gasteiger partial charge in [-0.05, 0) is 19.4 Å². The fourth-order valence-corrected chi connectivity index (χ4v) is 1.55. The number of hydrogen-bond acceptors (Lipinski definition) is 3. The second-order valence-corrected chi connectivity index (χ2v) is 4.58. The van der Waals surface area contributed by atoms with Crippen LogP contribution in [0.5, 0.6) is 0 Å². The highest BCUT2D eigenvalue weighted by Crippen LogP contribution is 1.99. The Hall–Kier alpha value is -2.37. The summed E-state index contributed by atoms with van der Waals surface area (Å²) in [7, 11) is 0. The average Bonchev–Trinajstić information content (AvgIpc) is 2.39. The summed E-state index contributed by atoms with van der Waals surface area (Å²) in [4.78, 5) is 34.3. The molecule has 0 unspecified atom stereocenters. The number of nitrogens with two attached hydrogens (primary N) is 1. The largest absolute Gasteiger partial charge is 0.368 e. The van der Waals surface area contributed by atoms with E-state index >= 15 is 0 Å². The highest BCUT2D eigenvalue weighted by Gasteiger charge is 2.19. The number of benzene rings is 1. The number of rotatable bonds is 6. The van der Waals surface area contributed by atoms with E-state index in [1.165, 1.54) is 6.92 Å². The molecule has 0 bridgehead atoms. The maximum atomic E-state index is 11.8. The molecule has 0 fully saturated rings. The van der Waals surface area contributed by atoms with E-state index in [9.17, 15) is 14.4 Å². The van der Waals surface area contributed by atoms with Crippen LogP contribution in [-0.4, -0.2) is 29.8 Å². The Morgan fingerprint density at radius 3 is 2.20 bits per heavy atom. The summed E-state index contributed by atoms with van der Waals surface area (Å²) in [5.41, 5.74) is 5.91. The zero-order chi connectivity index (χ0) is 15.1. The molecule has 20 heavy (non-hydrogen) atoms. The van der Waals surface area contributed by atoms with Gasteiger partial charge in [-0.1, -0.05) is 30.3 Å². The van der Waals surface area contributed by atoms with E-state index in [1.54, 1.807) is 6.92 Å². The molecule has 0 aliphatic heterocycles. The van der Waals surface area contributed by atoms with Crippen LogP contribution in [0.2, 0.25) is 0 Å². The van der Waals surface area contributed by atoms with Crippen LogP contribution >= 0.6 is 0 Å².